The number of aliphatic carboxylic acids is 1. The smallest absolute Gasteiger partial charge is 0.308 e. The van der Waals surface area contributed by atoms with E-state index < -0.39 is 11.9 Å². The zero-order valence-electron chi connectivity index (χ0n) is 15.3. The Morgan fingerprint density at radius 2 is 1.93 bits per heavy atom. The number of rotatable bonds is 5. The number of ether oxygens (including phenoxy) is 1. The molecule has 0 aliphatic carbocycles. The van der Waals surface area contributed by atoms with Crippen LogP contribution in [-0.4, -0.2) is 35.0 Å². The van der Waals surface area contributed by atoms with Gasteiger partial charge in [0.25, 0.3) is 5.91 Å². The molecule has 3 aromatic rings. The van der Waals surface area contributed by atoms with Crippen LogP contribution in [0.15, 0.2) is 59.0 Å². The van der Waals surface area contributed by atoms with Crippen molar-refractivity contribution >= 4 is 22.6 Å². The Balaban J connectivity index is 1.39. The number of furan rings is 1. The van der Waals surface area contributed by atoms with Gasteiger partial charge >= 0.3 is 5.97 Å². The average Bonchev–Trinajstić information content (AvgIpc) is 3.20. The lowest BCUT2D eigenvalue weighted by atomic mass is 9.98. The minimum absolute atomic E-state index is 0.211. The van der Waals surface area contributed by atoms with Crippen LogP contribution in [0, 0.1) is 5.92 Å². The van der Waals surface area contributed by atoms with E-state index in [1.807, 2.05) is 42.5 Å². The summed E-state index contributed by atoms with van der Waals surface area (Å²) < 4.78 is 11.4. The molecule has 0 saturated carbocycles. The van der Waals surface area contributed by atoms with E-state index in [9.17, 15) is 14.7 Å². The van der Waals surface area contributed by atoms with Gasteiger partial charge in [-0.15, -0.1) is 0 Å². The van der Waals surface area contributed by atoms with Crippen LogP contribution in [0.25, 0.3) is 10.8 Å². The molecule has 4 rings (SSSR count). The second kappa shape index (κ2) is 7.76. The molecule has 1 aromatic heterocycles. The van der Waals surface area contributed by atoms with Crippen molar-refractivity contribution in [1.82, 2.24) is 4.90 Å². The predicted octanol–water partition coefficient (Wildman–Crippen LogP) is 3.95. The van der Waals surface area contributed by atoms with E-state index in [2.05, 4.69) is 0 Å². The molecule has 6 heteroatoms. The summed E-state index contributed by atoms with van der Waals surface area (Å²) in [7, 11) is 0. The minimum Gasteiger partial charge on any atom is -0.486 e. The summed E-state index contributed by atoms with van der Waals surface area (Å²) in [6, 6.07) is 17.2. The van der Waals surface area contributed by atoms with Crippen LogP contribution in [0.5, 0.6) is 5.75 Å². The molecule has 0 bridgehead atoms. The van der Waals surface area contributed by atoms with Crippen LogP contribution in [0.2, 0.25) is 0 Å². The molecule has 1 aliphatic heterocycles. The van der Waals surface area contributed by atoms with E-state index in [4.69, 9.17) is 9.15 Å². The zero-order valence-corrected chi connectivity index (χ0v) is 15.3. The summed E-state index contributed by atoms with van der Waals surface area (Å²) >= 11 is 0. The van der Waals surface area contributed by atoms with Crippen LogP contribution < -0.4 is 4.74 Å². The van der Waals surface area contributed by atoms with Crippen molar-refractivity contribution in [2.75, 3.05) is 13.1 Å². The molecule has 1 N–H and O–H groups in total. The predicted molar refractivity (Wildman–Crippen MR) is 103 cm³/mol. The lowest BCUT2D eigenvalue weighted by Gasteiger charge is -2.29. The van der Waals surface area contributed by atoms with Gasteiger partial charge in [0.15, 0.2) is 5.76 Å². The number of carbonyl (C=O) groups excluding carboxylic acids is 1. The quantitative estimate of drug-likeness (QED) is 0.726. The minimum atomic E-state index is -0.860. The maximum atomic E-state index is 12.6. The summed E-state index contributed by atoms with van der Waals surface area (Å²) in [6.07, 6.45) is 1.28. The fourth-order valence-corrected chi connectivity index (χ4v) is 3.50. The first-order chi connectivity index (χ1) is 13.6. The first-order valence-corrected chi connectivity index (χ1v) is 9.32. The van der Waals surface area contributed by atoms with Crippen molar-refractivity contribution in [2.24, 2.45) is 5.92 Å². The van der Waals surface area contributed by atoms with E-state index in [0.717, 1.165) is 16.5 Å². The highest BCUT2D eigenvalue weighted by molar-refractivity contribution is 5.92. The topological polar surface area (TPSA) is 80.0 Å². The molecule has 0 spiro atoms. The van der Waals surface area contributed by atoms with Crippen molar-refractivity contribution in [3.63, 3.8) is 0 Å². The Bertz CT molecular complexity index is 1010. The number of nitrogens with zero attached hydrogens (tertiary/aromatic N) is 1. The summed E-state index contributed by atoms with van der Waals surface area (Å²) in [6.45, 7) is 0.980. The van der Waals surface area contributed by atoms with E-state index in [-0.39, 0.29) is 24.8 Å². The van der Waals surface area contributed by atoms with Gasteiger partial charge in [-0.3, -0.25) is 9.59 Å². The van der Waals surface area contributed by atoms with E-state index in [0.29, 0.717) is 25.1 Å². The van der Waals surface area contributed by atoms with Crippen molar-refractivity contribution < 1.29 is 23.8 Å². The summed E-state index contributed by atoms with van der Waals surface area (Å²) in [4.78, 5) is 25.3. The number of fused-ring (bicyclic) bond motifs is 1. The standard InChI is InChI=1S/C22H21NO5/c24-21(23-11-3-6-17(13-23)22(25)26)20-10-9-19(28-20)14-27-18-8-7-15-4-1-2-5-16(15)12-18/h1-2,4-5,7-10,12,17H,3,6,11,13-14H2,(H,25,26). The van der Waals surface area contributed by atoms with Crippen LogP contribution >= 0.6 is 0 Å². The van der Waals surface area contributed by atoms with Crippen LogP contribution in [-0.2, 0) is 11.4 Å². The van der Waals surface area contributed by atoms with Crippen molar-refractivity contribution in [3.8, 4) is 5.75 Å². The summed E-state index contributed by atoms with van der Waals surface area (Å²) in [5.41, 5.74) is 0. The molecule has 1 fully saturated rings. The number of carboxylic acids is 1. The van der Waals surface area contributed by atoms with Crippen molar-refractivity contribution in [3.05, 3.63) is 66.1 Å². The number of hydrogen-bond acceptors (Lipinski definition) is 4. The lowest BCUT2D eigenvalue weighted by molar-refractivity contribution is -0.143. The maximum absolute atomic E-state index is 12.6. The summed E-state index contributed by atoms with van der Waals surface area (Å²) in [5.74, 6) is -0.164. The number of amides is 1. The van der Waals surface area contributed by atoms with Crippen LogP contribution in [0.4, 0.5) is 0 Å². The van der Waals surface area contributed by atoms with Gasteiger partial charge in [0.1, 0.15) is 18.1 Å². The highest BCUT2D eigenvalue weighted by Crippen LogP contribution is 2.23. The van der Waals surface area contributed by atoms with Crippen LogP contribution in [0.3, 0.4) is 0 Å². The molecule has 2 aromatic carbocycles. The van der Waals surface area contributed by atoms with E-state index >= 15 is 0 Å². The first-order valence-electron chi connectivity index (χ1n) is 9.32. The Kier molecular flexibility index (Phi) is 5.02. The number of piperidine rings is 1. The average molecular weight is 379 g/mol. The number of likely N-dealkylation sites (tertiary alicyclic amines) is 1. The molecular weight excluding hydrogens is 358 g/mol. The summed E-state index contributed by atoms with van der Waals surface area (Å²) in [5, 5.41) is 11.4. The lowest BCUT2D eigenvalue weighted by Crippen LogP contribution is -2.42. The SMILES string of the molecule is O=C(O)C1CCCN(C(=O)c2ccc(COc3ccc4ccccc4c3)o2)C1. The molecule has 1 aliphatic rings. The van der Waals surface area contributed by atoms with Crippen LogP contribution in [0.1, 0.15) is 29.2 Å². The van der Waals surface area contributed by atoms with Gasteiger partial charge in [-0.05, 0) is 47.9 Å². The third-order valence-electron chi connectivity index (χ3n) is 5.03. The number of carbonyl (C=O) groups is 2. The Hall–Kier alpha value is -3.28. The molecule has 2 heterocycles. The normalized spacial score (nSPS) is 16.9. The molecular formula is C22H21NO5. The Labute approximate surface area is 162 Å². The van der Waals surface area contributed by atoms with Crippen molar-refractivity contribution in [2.45, 2.75) is 19.4 Å². The molecule has 28 heavy (non-hydrogen) atoms. The Morgan fingerprint density at radius 3 is 2.75 bits per heavy atom. The van der Waals surface area contributed by atoms with E-state index in [1.54, 1.807) is 17.0 Å². The molecule has 6 nitrogen and oxygen atoms in total. The number of carboxylic acid groups (broad SMARTS) is 1. The Morgan fingerprint density at radius 1 is 1.11 bits per heavy atom. The molecule has 1 saturated heterocycles. The monoisotopic (exact) mass is 379 g/mol. The second-order valence-electron chi connectivity index (χ2n) is 6.99. The number of hydrogen-bond donors (Lipinski definition) is 1. The molecule has 144 valence electrons. The van der Waals surface area contributed by atoms with Crippen molar-refractivity contribution in [1.29, 1.82) is 0 Å². The largest absolute Gasteiger partial charge is 0.486 e. The first kappa shape index (κ1) is 18.1. The fraction of sp³-hybridized carbons (Fsp3) is 0.273. The maximum Gasteiger partial charge on any atom is 0.308 e. The molecule has 1 unspecified atom stereocenters. The number of benzene rings is 2. The van der Waals surface area contributed by atoms with Gasteiger partial charge in [0.2, 0.25) is 0 Å². The van der Waals surface area contributed by atoms with Gasteiger partial charge < -0.3 is 19.2 Å². The van der Waals surface area contributed by atoms with Gasteiger partial charge in [0, 0.05) is 13.1 Å². The molecule has 0 radical (unpaired) electrons. The molecule has 1 amide bonds. The zero-order chi connectivity index (χ0) is 19.5. The highest BCUT2D eigenvalue weighted by Gasteiger charge is 2.29. The van der Waals surface area contributed by atoms with Gasteiger partial charge in [-0.1, -0.05) is 30.3 Å². The molecule has 1 atom stereocenters. The third kappa shape index (κ3) is 3.86. The highest BCUT2D eigenvalue weighted by atomic mass is 16.5. The third-order valence-corrected chi connectivity index (χ3v) is 5.03. The van der Waals surface area contributed by atoms with Gasteiger partial charge in [0.05, 0.1) is 5.92 Å². The van der Waals surface area contributed by atoms with Gasteiger partial charge in [-0.25, -0.2) is 0 Å². The van der Waals surface area contributed by atoms with E-state index in [1.165, 1.54) is 0 Å². The fourth-order valence-electron chi connectivity index (χ4n) is 3.50. The van der Waals surface area contributed by atoms with Gasteiger partial charge in [-0.2, -0.15) is 0 Å². The second-order valence-corrected chi connectivity index (χ2v) is 6.99.